The summed E-state index contributed by atoms with van der Waals surface area (Å²) in [6.45, 7) is 6.78. The number of nitrogens with zero attached hydrogens (tertiary/aromatic N) is 3. The van der Waals surface area contributed by atoms with Crippen molar-refractivity contribution in [1.29, 1.82) is 0 Å². The van der Waals surface area contributed by atoms with Gasteiger partial charge < -0.3 is 4.90 Å². The van der Waals surface area contributed by atoms with Crippen LogP contribution in [0.25, 0.3) is 6.08 Å². The lowest BCUT2D eigenvalue weighted by Gasteiger charge is -2.18. The number of carbonyl (C=O) groups excluding carboxylic acids is 1. The van der Waals surface area contributed by atoms with Gasteiger partial charge in [-0.05, 0) is 92.1 Å². The lowest BCUT2D eigenvalue weighted by atomic mass is 10.1. The minimum Gasteiger partial charge on any atom is -0.372 e. The molecule has 2 aromatic rings. The van der Waals surface area contributed by atoms with Crippen LogP contribution in [0.15, 0.2) is 52.4 Å². The minimum atomic E-state index is -0.301. The molecule has 150 valence electrons. The van der Waals surface area contributed by atoms with E-state index in [4.69, 9.17) is 0 Å². The largest absolute Gasteiger partial charge is 0.372 e. The van der Waals surface area contributed by atoms with Crippen molar-refractivity contribution in [3.63, 3.8) is 0 Å². The molecule has 0 spiro atoms. The Kier molecular flexibility index (Phi) is 5.72. The Hall–Kier alpha value is -2.60. The summed E-state index contributed by atoms with van der Waals surface area (Å²) in [5.74, 6) is -0.341. The van der Waals surface area contributed by atoms with Gasteiger partial charge in [0.15, 0.2) is 5.17 Å². The van der Waals surface area contributed by atoms with Crippen LogP contribution in [0.2, 0.25) is 0 Å². The molecule has 6 heteroatoms. The number of aliphatic imine (C=N–C) groups is 1. The second kappa shape index (κ2) is 8.41. The van der Waals surface area contributed by atoms with Crippen LogP contribution in [0.5, 0.6) is 0 Å². The minimum absolute atomic E-state index is 0.0404. The molecule has 2 fully saturated rings. The number of rotatable bonds is 4. The standard InChI is InChI=1S/C23H24FN3OS/c1-3-27-22(28)21(29-23(27)25-19-9-7-18(24)8-10-19)15-17-6-11-20(14-16(17)2)26-12-4-5-13-26/h6-11,14-15H,3-5,12-13H2,1-2H3/b21-15+,25-23?. The summed E-state index contributed by atoms with van der Waals surface area (Å²) >= 11 is 1.37. The number of aryl methyl sites for hydroxylation is 1. The normalized spacial score (nSPS) is 19.8. The monoisotopic (exact) mass is 409 g/mol. The fourth-order valence-corrected chi connectivity index (χ4v) is 4.68. The molecule has 0 unspecified atom stereocenters. The lowest BCUT2D eigenvalue weighted by molar-refractivity contribution is -0.122. The van der Waals surface area contributed by atoms with Crippen LogP contribution >= 0.6 is 11.8 Å². The van der Waals surface area contributed by atoms with Crippen molar-refractivity contribution in [2.24, 2.45) is 4.99 Å². The summed E-state index contributed by atoms with van der Waals surface area (Å²) in [6, 6.07) is 12.4. The van der Waals surface area contributed by atoms with E-state index in [9.17, 15) is 9.18 Å². The van der Waals surface area contributed by atoms with Gasteiger partial charge in [0, 0.05) is 25.3 Å². The number of likely N-dealkylation sites (N-methyl/N-ethyl adjacent to an activating group) is 1. The highest BCUT2D eigenvalue weighted by atomic mass is 32.2. The zero-order chi connectivity index (χ0) is 20.4. The molecule has 1 amide bonds. The fourth-order valence-electron chi connectivity index (χ4n) is 3.63. The predicted octanol–water partition coefficient (Wildman–Crippen LogP) is 5.36. The van der Waals surface area contributed by atoms with Gasteiger partial charge in [0.25, 0.3) is 5.91 Å². The van der Waals surface area contributed by atoms with Crippen molar-refractivity contribution in [2.45, 2.75) is 26.7 Å². The van der Waals surface area contributed by atoms with Crippen LogP contribution in [0, 0.1) is 12.7 Å². The molecule has 0 aliphatic carbocycles. The number of benzene rings is 2. The molecule has 0 bridgehead atoms. The van der Waals surface area contributed by atoms with Crippen molar-refractivity contribution in [3.8, 4) is 0 Å². The maximum atomic E-state index is 13.1. The number of halogens is 1. The zero-order valence-corrected chi connectivity index (χ0v) is 17.5. The summed E-state index contributed by atoms with van der Waals surface area (Å²) in [4.78, 5) is 22.1. The Morgan fingerprint density at radius 3 is 2.52 bits per heavy atom. The van der Waals surface area contributed by atoms with E-state index in [2.05, 4.69) is 35.0 Å². The maximum Gasteiger partial charge on any atom is 0.266 e. The van der Waals surface area contributed by atoms with Crippen LogP contribution in [0.1, 0.15) is 30.9 Å². The van der Waals surface area contributed by atoms with Gasteiger partial charge in [0.05, 0.1) is 10.6 Å². The molecular formula is C23H24FN3OS. The molecule has 4 rings (SSSR count). The van der Waals surface area contributed by atoms with Gasteiger partial charge in [0.1, 0.15) is 5.82 Å². The first-order valence-electron chi connectivity index (χ1n) is 9.96. The molecule has 0 radical (unpaired) electrons. The summed E-state index contributed by atoms with van der Waals surface area (Å²) < 4.78 is 13.1. The molecule has 0 aromatic heterocycles. The summed E-state index contributed by atoms with van der Waals surface area (Å²) in [5, 5.41) is 0.627. The van der Waals surface area contributed by atoms with Crippen LogP contribution in [-0.4, -0.2) is 35.6 Å². The Labute approximate surface area is 175 Å². The first-order valence-corrected chi connectivity index (χ1v) is 10.8. The molecule has 2 aromatic carbocycles. The van der Waals surface area contributed by atoms with Gasteiger partial charge in [-0.1, -0.05) is 6.07 Å². The van der Waals surface area contributed by atoms with Crippen molar-refractivity contribution in [2.75, 3.05) is 24.5 Å². The van der Waals surface area contributed by atoms with Crippen LogP contribution < -0.4 is 4.90 Å². The molecule has 2 saturated heterocycles. The van der Waals surface area contributed by atoms with E-state index in [1.54, 1.807) is 17.0 Å². The Balaban J connectivity index is 1.60. The van der Waals surface area contributed by atoms with Crippen LogP contribution in [0.3, 0.4) is 0 Å². The Morgan fingerprint density at radius 2 is 1.86 bits per heavy atom. The smallest absolute Gasteiger partial charge is 0.266 e. The van der Waals surface area contributed by atoms with E-state index in [0.29, 0.717) is 22.3 Å². The average Bonchev–Trinajstić information content (AvgIpc) is 3.34. The molecule has 0 atom stereocenters. The number of amides is 1. The van der Waals surface area contributed by atoms with E-state index in [-0.39, 0.29) is 11.7 Å². The lowest BCUT2D eigenvalue weighted by Crippen LogP contribution is -2.28. The van der Waals surface area contributed by atoms with E-state index in [0.717, 1.165) is 24.2 Å². The highest BCUT2D eigenvalue weighted by Crippen LogP contribution is 2.35. The molecule has 0 saturated carbocycles. The van der Waals surface area contributed by atoms with E-state index < -0.39 is 0 Å². The molecule has 2 aliphatic rings. The number of anilines is 1. The molecular weight excluding hydrogens is 385 g/mol. The third kappa shape index (κ3) is 4.22. The number of carbonyl (C=O) groups is 1. The third-order valence-corrected chi connectivity index (χ3v) is 6.27. The maximum absolute atomic E-state index is 13.1. The summed E-state index contributed by atoms with van der Waals surface area (Å²) in [5.41, 5.74) is 4.08. The van der Waals surface area contributed by atoms with Crippen LogP contribution in [0.4, 0.5) is 15.8 Å². The zero-order valence-electron chi connectivity index (χ0n) is 16.7. The SMILES string of the molecule is CCN1C(=O)/C(=C\c2ccc(N3CCCC3)cc2C)SC1=Nc1ccc(F)cc1. The number of thioether (sulfide) groups is 1. The van der Waals surface area contributed by atoms with Gasteiger partial charge in [-0.15, -0.1) is 0 Å². The van der Waals surface area contributed by atoms with Gasteiger partial charge >= 0.3 is 0 Å². The number of hydrogen-bond donors (Lipinski definition) is 0. The molecule has 2 aliphatic heterocycles. The quantitative estimate of drug-likeness (QED) is 0.638. The molecule has 4 nitrogen and oxygen atoms in total. The van der Waals surface area contributed by atoms with Crippen LogP contribution in [-0.2, 0) is 4.79 Å². The molecule has 29 heavy (non-hydrogen) atoms. The van der Waals surface area contributed by atoms with E-state index >= 15 is 0 Å². The third-order valence-electron chi connectivity index (χ3n) is 5.27. The van der Waals surface area contributed by atoms with Gasteiger partial charge in [-0.2, -0.15) is 0 Å². The van der Waals surface area contributed by atoms with Crippen molar-refractivity contribution in [1.82, 2.24) is 4.90 Å². The second-order valence-corrected chi connectivity index (χ2v) is 8.28. The first-order chi connectivity index (χ1) is 14.0. The van der Waals surface area contributed by atoms with Crippen molar-refractivity contribution >= 4 is 40.3 Å². The van der Waals surface area contributed by atoms with Gasteiger partial charge in [-0.25, -0.2) is 9.38 Å². The Morgan fingerprint density at radius 1 is 1.14 bits per heavy atom. The topological polar surface area (TPSA) is 35.9 Å². The van der Waals surface area contributed by atoms with Crippen molar-refractivity contribution < 1.29 is 9.18 Å². The van der Waals surface area contributed by atoms with Gasteiger partial charge in [-0.3, -0.25) is 9.69 Å². The highest BCUT2D eigenvalue weighted by molar-refractivity contribution is 8.18. The molecule has 0 N–H and O–H groups in total. The molecule has 2 heterocycles. The second-order valence-electron chi connectivity index (χ2n) is 7.27. The van der Waals surface area contributed by atoms with Gasteiger partial charge in [0.2, 0.25) is 0 Å². The van der Waals surface area contributed by atoms with Crippen molar-refractivity contribution in [3.05, 3.63) is 64.3 Å². The number of amidine groups is 1. The average molecular weight is 410 g/mol. The highest BCUT2D eigenvalue weighted by Gasteiger charge is 2.32. The Bertz CT molecular complexity index is 978. The predicted molar refractivity (Wildman–Crippen MR) is 119 cm³/mol. The van der Waals surface area contributed by atoms with E-state index in [1.165, 1.54) is 42.4 Å². The summed E-state index contributed by atoms with van der Waals surface area (Å²) in [7, 11) is 0. The van der Waals surface area contributed by atoms with E-state index in [1.807, 2.05) is 13.0 Å². The summed E-state index contributed by atoms with van der Waals surface area (Å²) in [6.07, 6.45) is 4.45. The first kappa shape index (κ1) is 19.7. The fraction of sp³-hybridized carbons (Fsp3) is 0.304. The number of hydrogen-bond acceptors (Lipinski definition) is 4.